The third-order valence-corrected chi connectivity index (χ3v) is 3.23. The zero-order valence-electron chi connectivity index (χ0n) is 11.0. The van der Waals surface area contributed by atoms with E-state index in [0.717, 1.165) is 5.56 Å². The van der Waals surface area contributed by atoms with Gasteiger partial charge >= 0.3 is 5.97 Å². The number of aromatic nitrogens is 4. The third kappa shape index (κ3) is 4.04. The van der Waals surface area contributed by atoms with Gasteiger partial charge in [-0.15, -0.1) is 10.2 Å². The number of carboxylic acids is 1. The Labute approximate surface area is 119 Å². The van der Waals surface area contributed by atoms with Crippen LogP contribution in [-0.2, 0) is 11.2 Å². The number of nitrogens with zero attached hydrogens (tertiary/aromatic N) is 3. The van der Waals surface area contributed by atoms with Gasteiger partial charge in [0.15, 0.2) is 5.82 Å². The first-order valence-electron chi connectivity index (χ1n) is 6.36. The number of carboxylic acid groups (broad SMARTS) is 1. The molecule has 21 heavy (non-hydrogen) atoms. The van der Waals surface area contributed by atoms with Crippen LogP contribution in [0.5, 0.6) is 0 Å². The van der Waals surface area contributed by atoms with Crippen LogP contribution in [0.2, 0.25) is 0 Å². The van der Waals surface area contributed by atoms with Crippen molar-refractivity contribution in [3.8, 4) is 0 Å². The van der Waals surface area contributed by atoms with Crippen LogP contribution < -0.4 is 0 Å². The molecule has 0 radical (unpaired) electrons. The van der Waals surface area contributed by atoms with Gasteiger partial charge in [0.25, 0.3) is 0 Å². The number of hydrogen-bond acceptors (Lipinski definition) is 4. The fraction of sp³-hybridized carbons (Fsp3) is 0.385. The maximum atomic E-state index is 12.7. The molecule has 8 heteroatoms. The molecule has 0 amide bonds. The van der Waals surface area contributed by atoms with Crippen molar-refractivity contribution >= 4 is 5.97 Å². The molecule has 1 aromatic heterocycles. The molecule has 2 atom stereocenters. The topological polar surface area (TPSA) is 91.8 Å². The first-order valence-corrected chi connectivity index (χ1v) is 6.36. The highest BCUT2D eigenvalue weighted by Gasteiger charge is 2.34. The molecule has 0 bridgehead atoms. The van der Waals surface area contributed by atoms with E-state index in [9.17, 15) is 18.7 Å². The Balaban J connectivity index is 2.28. The summed E-state index contributed by atoms with van der Waals surface area (Å²) in [4.78, 5) is 11.3. The zero-order chi connectivity index (χ0) is 15.2. The Bertz CT molecular complexity index is 563. The monoisotopic (exact) mass is 296 g/mol. The average Bonchev–Trinajstić information content (AvgIpc) is 2.97. The molecule has 0 saturated heterocycles. The summed E-state index contributed by atoms with van der Waals surface area (Å²) in [6.07, 6.45) is -3.21. The molecule has 0 fully saturated rings. The fourth-order valence-corrected chi connectivity index (χ4v) is 2.24. The summed E-state index contributed by atoms with van der Waals surface area (Å²) in [5, 5.41) is 22.4. The van der Waals surface area contributed by atoms with Crippen LogP contribution >= 0.6 is 0 Å². The van der Waals surface area contributed by atoms with Crippen molar-refractivity contribution in [1.29, 1.82) is 0 Å². The number of halogens is 2. The predicted octanol–water partition coefficient (Wildman–Crippen LogP) is 1.88. The van der Waals surface area contributed by atoms with Crippen LogP contribution in [0.3, 0.4) is 0 Å². The van der Waals surface area contributed by atoms with E-state index in [4.69, 9.17) is 0 Å². The quantitative estimate of drug-likeness (QED) is 0.814. The van der Waals surface area contributed by atoms with Crippen molar-refractivity contribution in [1.82, 2.24) is 20.6 Å². The van der Waals surface area contributed by atoms with Crippen LogP contribution in [0, 0.1) is 5.92 Å². The summed E-state index contributed by atoms with van der Waals surface area (Å²) in [5.41, 5.74) is 0.827. The molecule has 0 aliphatic heterocycles. The maximum absolute atomic E-state index is 12.7. The van der Waals surface area contributed by atoms with E-state index in [0.29, 0.717) is 0 Å². The lowest BCUT2D eigenvalue weighted by atomic mass is 9.84. The minimum absolute atomic E-state index is 0.131. The van der Waals surface area contributed by atoms with Gasteiger partial charge in [-0.2, -0.15) is 5.21 Å². The Hall–Kier alpha value is -2.38. The van der Waals surface area contributed by atoms with Gasteiger partial charge in [0.2, 0.25) is 6.43 Å². The van der Waals surface area contributed by atoms with Crippen LogP contribution in [0.15, 0.2) is 30.3 Å². The summed E-state index contributed by atoms with van der Waals surface area (Å²) < 4.78 is 25.3. The van der Waals surface area contributed by atoms with E-state index in [1.54, 1.807) is 24.3 Å². The molecule has 0 saturated carbocycles. The molecule has 2 rings (SSSR count). The third-order valence-electron chi connectivity index (χ3n) is 3.23. The smallest absolute Gasteiger partial charge is 0.307 e. The molecular formula is C13H14F2N4O2. The Morgan fingerprint density at radius 2 is 2.00 bits per heavy atom. The van der Waals surface area contributed by atoms with Crippen molar-refractivity contribution in [3.05, 3.63) is 41.7 Å². The predicted molar refractivity (Wildman–Crippen MR) is 68.8 cm³/mol. The van der Waals surface area contributed by atoms with E-state index < -0.39 is 30.7 Å². The highest BCUT2D eigenvalue weighted by Crippen LogP contribution is 2.30. The Kier molecular flexibility index (Phi) is 4.91. The summed E-state index contributed by atoms with van der Waals surface area (Å²) >= 11 is 0. The first kappa shape index (κ1) is 15.0. The normalized spacial score (nSPS) is 14.0. The second-order valence-corrected chi connectivity index (χ2v) is 4.64. The van der Waals surface area contributed by atoms with Crippen LogP contribution in [0.25, 0.3) is 0 Å². The van der Waals surface area contributed by atoms with E-state index >= 15 is 0 Å². The number of hydrogen-bond donors (Lipinski definition) is 2. The second kappa shape index (κ2) is 6.87. The van der Waals surface area contributed by atoms with Crippen LogP contribution in [-0.4, -0.2) is 38.1 Å². The second-order valence-electron chi connectivity index (χ2n) is 4.64. The van der Waals surface area contributed by atoms with Crippen molar-refractivity contribution in [3.63, 3.8) is 0 Å². The van der Waals surface area contributed by atoms with Gasteiger partial charge in [-0.3, -0.25) is 4.79 Å². The minimum Gasteiger partial charge on any atom is -0.481 e. The Morgan fingerprint density at radius 1 is 1.29 bits per heavy atom. The van der Waals surface area contributed by atoms with Crippen molar-refractivity contribution < 1.29 is 18.7 Å². The lowest BCUT2D eigenvalue weighted by molar-refractivity contribution is -0.144. The minimum atomic E-state index is -2.71. The van der Waals surface area contributed by atoms with Crippen molar-refractivity contribution in [2.24, 2.45) is 5.92 Å². The molecule has 2 N–H and O–H groups in total. The summed E-state index contributed by atoms with van der Waals surface area (Å²) in [6, 6.07) is 9.01. The van der Waals surface area contributed by atoms with Gasteiger partial charge in [-0.1, -0.05) is 35.5 Å². The van der Waals surface area contributed by atoms with Gasteiger partial charge in [0.05, 0.1) is 5.92 Å². The highest BCUT2D eigenvalue weighted by atomic mass is 19.3. The van der Waals surface area contributed by atoms with E-state index in [1.165, 1.54) is 0 Å². The number of benzene rings is 1. The largest absolute Gasteiger partial charge is 0.481 e. The molecule has 2 aromatic rings. The number of aromatic amines is 1. The number of tetrazole rings is 1. The van der Waals surface area contributed by atoms with Gasteiger partial charge in [0, 0.05) is 12.3 Å². The molecule has 0 aliphatic rings. The van der Waals surface area contributed by atoms with E-state index in [2.05, 4.69) is 20.6 Å². The number of rotatable bonds is 7. The van der Waals surface area contributed by atoms with E-state index in [1.807, 2.05) is 6.07 Å². The maximum Gasteiger partial charge on any atom is 0.307 e. The lowest BCUT2D eigenvalue weighted by Crippen LogP contribution is -2.27. The molecule has 2 unspecified atom stereocenters. The van der Waals surface area contributed by atoms with Crippen molar-refractivity contribution in [2.45, 2.75) is 25.2 Å². The van der Waals surface area contributed by atoms with Gasteiger partial charge in [-0.25, -0.2) is 8.78 Å². The molecule has 0 spiro atoms. The summed E-state index contributed by atoms with van der Waals surface area (Å²) in [7, 11) is 0. The van der Waals surface area contributed by atoms with Gasteiger partial charge in [-0.05, 0) is 12.0 Å². The number of aliphatic carboxylic acids is 1. The SMILES string of the molecule is O=C(O)C(CC(F)F)C(Cc1ccccc1)c1nn[nH]n1. The first-order chi connectivity index (χ1) is 10.1. The van der Waals surface area contributed by atoms with E-state index in [-0.39, 0.29) is 12.2 Å². The molecular weight excluding hydrogens is 282 g/mol. The Morgan fingerprint density at radius 3 is 2.52 bits per heavy atom. The van der Waals surface area contributed by atoms with Gasteiger partial charge < -0.3 is 5.11 Å². The lowest BCUT2D eigenvalue weighted by Gasteiger charge is -2.21. The molecule has 1 aromatic carbocycles. The highest BCUT2D eigenvalue weighted by molar-refractivity contribution is 5.71. The number of carbonyl (C=O) groups is 1. The summed E-state index contributed by atoms with van der Waals surface area (Å²) in [6.45, 7) is 0. The summed E-state index contributed by atoms with van der Waals surface area (Å²) in [5.74, 6) is -3.20. The molecule has 112 valence electrons. The molecule has 1 heterocycles. The molecule has 0 aliphatic carbocycles. The fourth-order valence-electron chi connectivity index (χ4n) is 2.24. The number of H-pyrrole nitrogens is 1. The van der Waals surface area contributed by atoms with Gasteiger partial charge in [0.1, 0.15) is 0 Å². The number of nitrogens with one attached hydrogen (secondary N) is 1. The standard InChI is InChI=1S/C13H14F2N4O2/c14-11(15)7-10(13(20)21)9(12-16-18-19-17-12)6-8-4-2-1-3-5-8/h1-5,9-11H,6-7H2,(H,20,21)(H,16,17,18,19). The van der Waals surface area contributed by atoms with Crippen LogP contribution in [0.1, 0.15) is 23.7 Å². The van der Waals surface area contributed by atoms with Crippen molar-refractivity contribution in [2.75, 3.05) is 0 Å². The zero-order valence-corrected chi connectivity index (χ0v) is 11.0. The molecule has 6 nitrogen and oxygen atoms in total. The number of alkyl halides is 2. The van der Waals surface area contributed by atoms with Crippen LogP contribution in [0.4, 0.5) is 8.78 Å². The average molecular weight is 296 g/mol.